The quantitative estimate of drug-likeness (QED) is 0.574. The fourth-order valence-electron chi connectivity index (χ4n) is 2.06. The highest BCUT2D eigenvalue weighted by Crippen LogP contribution is 2.14. The maximum absolute atomic E-state index is 11.7. The van der Waals surface area contributed by atoms with Crippen molar-refractivity contribution in [3.8, 4) is 0 Å². The summed E-state index contributed by atoms with van der Waals surface area (Å²) in [6, 6.07) is 9.78. The lowest BCUT2D eigenvalue weighted by Crippen LogP contribution is -2.25. The first-order valence-electron chi connectivity index (χ1n) is 7.42. The predicted octanol–water partition coefficient (Wildman–Crippen LogP) is 2.14. The van der Waals surface area contributed by atoms with Crippen LogP contribution in [0.5, 0.6) is 0 Å². The number of benzene rings is 1. The van der Waals surface area contributed by atoms with Gasteiger partial charge in [-0.2, -0.15) is 0 Å². The number of aliphatic hydroxyl groups is 1. The van der Waals surface area contributed by atoms with Gasteiger partial charge in [-0.25, -0.2) is 0 Å². The van der Waals surface area contributed by atoms with Crippen molar-refractivity contribution in [1.82, 2.24) is 5.32 Å². The van der Waals surface area contributed by atoms with Crippen LogP contribution < -0.4 is 11.1 Å². The zero-order valence-electron chi connectivity index (χ0n) is 12.1. The summed E-state index contributed by atoms with van der Waals surface area (Å²) in [7, 11) is 0. The normalized spacial score (nSPS) is 12.1. The zero-order valence-corrected chi connectivity index (χ0v) is 12.1. The van der Waals surface area contributed by atoms with Crippen LogP contribution in [0, 0.1) is 0 Å². The van der Waals surface area contributed by atoms with Crippen molar-refractivity contribution in [2.24, 2.45) is 5.73 Å². The summed E-state index contributed by atoms with van der Waals surface area (Å²) in [5.41, 5.74) is 7.12. The molecule has 4 heteroatoms. The molecule has 1 aromatic carbocycles. The Hall–Kier alpha value is -1.39. The smallest absolute Gasteiger partial charge is 0.220 e. The van der Waals surface area contributed by atoms with Gasteiger partial charge >= 0.3 is 0 Å². The van der Waals surface area contributed by atoms with E-state index in [0.717, 1.165) is 31.2 Å². The third-order valence-corrected chi connectivity index (χ3v) is 3.32. The monoisotopic (exact) mass is 278 g/mol. The van der Waals surface area contributed by atoms with E-state index in [4.69, 9.17) is 10.8 Å². The van der Waals surface area contributed by atoms with E-state index in [2.05, 4.69) is 5.32 Å². The van der Waals surface area contributed by atoms with Gasteiger partial charge in [-0.15, -0.1) is 0 Å². The van der Waals surface area contributed by atoms with Crippen molar-refractivity contribution in [3.63, 3.8) is 0 Å². The standard InChI is InChI=1S/C16H26N2O2/c17-15(14-8-4-3-5-9-14)10-11-16(20)18-12-6-1-2-7-13-19/h3-5,8-9,15,19H,1-2,6-7,10-13,17H2,(H,18,20). The van der Waals surface area contributed by atoms with Gasteiger partial charge in [0.05, 0.1) is 0 Å². The van der Waals surface area contributed by atoms with Crippen LogP contribution in [-0.2, 0) is 4.79 Å². The Kier molecular flexibility index (Phi) is 8.67. The molecule has 20 heavy (non-hydrogen) atoms. The molecule has 0 aliphatic carbocycles. The van der Waals surface area contributed by atoms with Crippen LogP contribution in [0.1, 0.15) is 50.1 Å². The summed E-state index contributed by atoms with van der Waals surface area (Å²) >= 11 is 0. The molecule has 0 heterocycles. The first-order valence-corrected chi connectivity index (χ1v) is 7.42. The second-order valence-corrected chi connectivity index (χ2v) is 5.04. The molecule has 0 radical (unpaired) electrons. The molecule has 0 spiro atoms. The highest BCUT2D eigenvalue weighted by atomic mass is 16.2. The van der Waals surface area contributed by atoms with E-state index in [1.807, 2.05) is 30.3 Å². The number of hydrogen-bond acceptors (Lipinski definition) is 3. The first kappa shape index (κ1) is 16.7. The van der Waals surface area contributed by atoms with Crippen molar-refractivity contribution in [1.29, 1.82) is 0 Å². The Morgan fingerprint density at radius 3 is 2.55 bits per heavy atom. The number of carbonyl (C=O) groups excluding carboxylic acids is 1. The van der Waals surface area contributed by atoms with Crippen LogP contribution in [0.4, 0.5) is 0 Å². The minimum absolute atomic E-state index is 0.0681. The van der Waals surface area contributed by atoms with Crippen LogP contribution >= 0.6 is 0 Å². The molecule has 4 nitrogen and oxygen atoms in total. The van der Waals surface area contributed by atoms with Gasteiger partial charge in [-0.1, -0.05) is 43.2 Å². The van der Waals surface area contributed by atoms with Crippen LogP contribution in [0.2, 0.25) is 0 Å². The predicted molar refractivity (Wildman–Crippen MR) is 81.2 cm³/mol. The molecule has 1 atom stereocenters. The second-order valence-electron chi connectivity index (χ2n) is 5.04. The summed E-state index contributed by atoms with van der Waals surface area (Å²) in [6.45, 7) is 0.967. The van der Waals surface area contributed by atoms with Crippen molar-refractivity contribution in [2.75, 3.05) is 13.2 Å². The maximum atomic E-state index is 11.7. The number of nitrogens with two attached hydrogens (primary N) is 1. The molecule has 0 bridgehead atoms. The summed E-state index contributed by atoms with van der Waals surface area (Å²) in [4.78, 5) is 11.7. The summed E-state index contributed by atoms with van der Waals surface area (Å²) in [5, 5.41) is 11.6. The second kappa shape index (κ2) is 10.4. The topological polar surface area (TPSA) is 75.4 Å². The zero-order chi connectivity index (χ0) is 14.6. The Balaban J connectivity index is 2.08. The molecule has 1 rings (SSSR count). The van der Waals surface area contributed by atoms with Gasteiger partial charge in [0.1, 0.15) is 0 Å². The van der Waals surface area contributed by atoms with Crippen molar-refractivity contribution < 1.29 is 9.90 Å². The average Bonchev–Trinajstić information content (AvgIpc) is 2.49. The molecule has 0 fully saturated rings. The molecular formula is C16H26N2O2. The summed E-state index contributed by atoms with van der Waals surface area (Å²) in [5.74, 6) is 0.0681. The third-order valence-electron chi connectivity index (χ3n) is 3.32. The van der Waals surface area contributed by atoms with Gasteiger partial charge in [-0.05, 0) is 24.8 Å². The molecule has 0 aliphatic rings. The highest BCUT2D eigenvalue weighted by molar-refractivity contribution is 5.75. The molecule has 1 aromatic rings. The number of unbranched alkanes of at least 4 members (excludes halogenated alkanes) is 3. The fraction of sp³-hybridized carbons (Fsp3) is 0.562. The van der Waals surface area contributed by atoms with Crippen LogP contribution in [0.25, 0.3) is 0 Å². The van der Waals surface area contributed by atoms with E-state index < -0.39 is 0 Å². The number of nitrogens with one attached hydrogen (secondary N) is 1. The Morgan fingerprint density at radius 2 is 1.85 bits per heavy atom. The van der Waals surface area contributed by atoms with Crippen LogP contribution in [-0.4, -0.2) is 24.2 Å². The molecule has 4 N–H and O–H groups in total. The van der Waals surface area contributed by atoms with Crippen LogP contribution in [0.15, 0.2) is 30.3 Å². The molecule has 0 saturated heterocycles. The molecule has 0 aromatic heterocycles. The van der Waals surface area contributed by atoms with Gasteiger partial charge in [0, 0.05) is 25.6 Å². The van der Waals surface area contributed by atoms with E-state index in [-0.39, 0.29) is 18.6 Å². The lowest BCUT2D eigenvalue weighted by molar-refractivity contribution is -0.121. The molecule has 1 amide bonds. The van der Waals surface area contributed by atoms with E-state index in [1.54, 1.807) is 0 Å². The number of hydrogen-bond donors (Lipinski definition) is 3. The lowest BCUT2D eigenvalue weighted by atomic mass is 10.0. The highest BCUT2D eigenvalue weighted by Gasteiger charge is 2.08. The first-order chi connectivity index (χ1) is 9.74. The molecule has 0 saturated carbocycles. The fourth-order valence-corrected chi connectivity index (χ4v) is 2.06. The van der Waals surface area contributed by atoms with E-state index >= 15 is 0 Å². The lowest BCUT2D eigenvalue weighted by Gasteiger charge is -2.11. The molecule has 112 valence electrons. The minimum Gasteiger partial charge on any atom is -0.396 e. The van der Waals surface area contributed by atoms with Crippen molar-refractivity contribution >= 4 is 5.91 Å². The molecule has 0 aliphatic heterocycles. The largest absolute Gasteiger partial charge is 0.396 e. The van der Waals surface area contributed by atoms with Gasteiger partial charge in [0.15, 0.2) is 0 Å². The maximum Gasteiger partial charge on any atom is 0.220 e. The number of aliphatic hydroxyl groups excluding tert-OH is 1. The third kappa shape index (κ3) is 7.26. The Labute approximate surface area is 121 Å². The van der Waals surface area contributed by atoms with E-state index in [1.165, 1.54) is 0 Å². The van der Waals surface area contributed by atoms with Gasteiger partial charge < -0.3 is 16.2 Å². The van der Waals surface area contributed by atoms with Gasteiger partial charge in [-0.3, -0.25) is 4.79 Å². The number of rotatable bonds is 10. The minimum atomic E-state index is -0.0773. The van der Waals surface area contributed by atoms with E-state index in [9.17, 15) is 4.79 Å². The SMILES string of the molecule is NC(CCC(=O)NCCCCCCO)c1ccccc1. The molecular weight excluding hydrogens is 252 g/mol. The van der Waals surface area contributed by atoms with E-state index in [0.29, 0.717) is 19.4 Å². The average molecular weight is 278 g/mol. The molecule has 1 unspecified atom stereocenters. The summed E-state index contributed by atoms with van der Waals surface area (Å²) < 4.78 is 0. The number of carbonyl (C=O) groups is 1. The summed E-state index contributed by atoms with van der Waals surface area (Å²) in [6.07, 6.45) is 5.01. The van der Waals surface area contributed by atoms with Crippen LogP contribution in [0.3, 0.4) is 0 Å². The van der Waals surface area contributed by atoms with Gasteiger partial charge in [0.2, 0.25) is 5.91 Å². The van der Waals surface area contributed by atoms with Crippen molar-refractivity contribution in [3.05, 3.63) is 35.9 Å². The van der Waals surface area contributed by atoms with Gasteiger partial charge in [0.25, 0.3) is 0 Å². The number of amides is 1. The van der Waals surface area contributed by atoms with Crippen molar-refractivity contribution in [2.45, 2.75) is 44.6 Å². The Bertz CT molecular complexity index is 368. The Morgan fingerprint density at radius 1 is 1.15 bits per heavy atom.